The van der Waals surface area contributed by atoms with Gasteiger partial charge in [0.15, 0.2) is 0 Å². The van der Waals surface area contributed by atoms with Crippen molar-refractivity contribution in [2.45, 2.75) is 72.0 Å². The predicted octanol–water partition coefficient (Wildman–Crippen LogP) is 6.23. The number of hydrogen-bond acceptors (Lipinski definition) is 2. The molecule has 1 saturated carbocycles. The van der Waals surface area contributed by atoms with Crippen LogP contribution in [0, 0.1) is 10.8 Å². The second kappa shape index (κ2) is 5.57. The number of rotatable bonds is 3. The molecule has 1 fully saturated rings. The SMILES string of the molecule is CC12C=C(c3ccc(O[Si](C)(C)C(C)(C)C)cc3)CC1(C)CC(=O)C2. The highest BCUT2D eigenvalue weighted by Crippen LogP contribution is 2.61. The van der Waals surface area contributed by atoms with Gasteiger partial charge in [-0.25, -0.2) is 0 Å². The first-order valence-corrected chi connectivity index (χ1v) is 12.3. The second-order valence-electron chi connectivity index (χ2n) is 10.1. The van der Waals surface area contributed by atoms with Crippen LogP contribution in [-0.4, -0.2) is 14.1 Å². The average Bonchev–Trinajstić information content (AvgIpc) is 2.80. The molecule has 3 rings (SSSR count). The van der Waals surface area contributed by atoms with E-state index in [2.05, 4.69) is 78.1 Å². The van der Waals surface area contributed by atoms with E-state index in [1.54, 1.807) is 0 Å². The van der Waals surface area contributed by atoms with Gasteiger partial charge < -0.3 is 4.43 Å². The highest BCUT2D eigenvalue weighted by molar-refractivity contribution is 6.74. The van der Waals surface area contributed by atoms with Crippen molar-refractivity contribution in [1.29, 1.82) is 0 Å². The number of Topliss-reactive ketones (excluding diaryl/α,β-unsaturated/α-hetero) is 1. The molecule has 0 aromatic heterocycles. The Hall–Kier alpha value is -1.35. The Balaban J connectivity index is 1.80. The zero-order chi connectivity index (χ0) is 18.7. The van der Waals surface area contributed by atoms with E-state index in [0.29, 0.717) is 12.2 Å². The number of allylic oxidation sites excluding steroid dienone is 2. The van der Waals surface area contributed by atoms with Crippen molar-refractivity contribution < 1.29 is 9.22 Å². The Bertz CT molecular complexity index is 723. The van der Waals surface area contributed by atoms with Gasteiger partial charge in [-0.2, -0.15) is 0 Å². The van der Waals surface area contributed by atoms with Gasteiger partial charge in [-0.05, 0) is 58.7 Å². The first kappa shape index (κ1) is 18.4. The fraction of sp³-hybridized carbons (Fsp3) is 0.591. The van der Waals surface area contributed by atoms with Crippen molar-refractivity contribution in [3.05, 3.63) is 35.9 Å². The van der Waals surface area contributed by atoms with Crippen molar-refractivity contribution in [2.24, 2.45) is 10.8 Å². The van der Waals surface area contributed by atoms with Crippen LogP contribution in [0.3, 0.4) is 0 Å². The van der Waals surface area contributed by atoms with E-state index < -0.39 is 8.32 Å². The molecular weight excluding hydrogens is 324 g/mol. The Morgan fingerprint density at radius 1 is 1.00 bits per heavy atom. The number of carbonyl (C=O) groups is 1. The molecule has 2 nitrogen and oxygen atoms in total. The van der Waals surface area contributed by atoms with Gasteiger partial charge in [0.2, 0.25) is 8.32 Å². The van der Waals surface area contributed by atoms with Crippen LogP contribution in [0.25, 0.3) is 5.57 Å². The van der Waals surface area contributed by atoms with E-state index in [1.807, 2.05) is 0 Å². The largest absolute Gasteiger partial charge is 0.544 e. The summed E-state index contributed by atoms with van der Waals surface area (Å²) >= 11 is 0. The minimum Gasteiger partial charge on any atom is -0.544 e. The minimum absolute atomic E-state index is 0.0235. The number of fused-ring (bicyclic) bond motifs is 1. The molecule has 0 bridgehead atoms. The molecule has 2 unspecified atom stereocenters. The summed E-state index contributed by atoms with van der Waals surface area (Å²) in [5.41, 5.74) is 2.77. The highest BCUT2D eigenvalue weighted by atomic mass is 28.4. The van der Waals surface area contributed by atoms with E-state index in [0.717, 1.165) is 18.6 Å². The van der Waals surface area contributed by atoms with Crippen molar-refractivity contribution in [3.63, 3.8) is 0 Å². The monoisotopic (exact) mass is 356 g/mol. The summed E-state index contributed by atoms with van der Waals surface area (Å²) in [5, 5.41) is 0.201. The predicted molar refractivity (Wildman–Crippen MR) is 107 cm³/mol. The topological polar surface area (TPSA) is 26.3 Å². The smallest absolute Gasteiger partial charge is 0.250 e. The standard InChI is InChI=1S/C22H32O2Si/c1-20(2,3)25(6,7)24-19-10-8-16(9-11-19)17-12-21(4)14-18(23)15-22(21,5)13-17/h8-12H,13-15H2,1-7H3. The van der Waals surface area contributed by atoms with Gasteiger partial charge in [-0.15, -0.1) is 0 Å². The zero-order valence-electron chi connectivity index (χ0n) is 16.8. The summed E-state index contributed by atoms with van der Waals surface area (Å²) in [7, 11) is -1.80. The van der Waals surface area contributed by atoms with Gasteiger partial charge >= 0.3 is 0 Å². The lowest BCUT2D eigenvalue weighted by atomic mass is 9.70. The minimum atomic E-state index is -1.80. The van der Waals surface area contributed by atoms with Crippen molar-refractivity contribution in [2.75, 3.05) is 0 Å². The summed E-state index contributed by atoms with van der Waals surface area (Å²) in [6, 6.07) is 8.59. The fourth-order valence-electron chi connectivity index (χ4n) is 4.04. The van der Waals surface area contributed by atoms with Gasteiger partial charge in [-0.1, -0.05) is 52.8 Å². The van der Waals surface area contributed by atoms with Gasteiger partial charge in [0.1, 0.15) is 11.5 Å². The molecule has 3 heteroatoms. The average molecular weight is 357 g/mol. The molecular formula is C22H32O2Si. The van der Waals surface area contributed by atoms with Gasteiger partial charge in [-0.3, -0.25) is 4.79 Å². The summed E-state index contributed by atoms with van der Waals surface area (Å²) < 4.78 is 6.39. The molecule has 1 aromatic carbocycles. The lowest BCUT2D eigenvalue weighted by Gasteiger charge is -2.36. The molecule has 25 heavy (non-hydrogen) atoms. The van der Waals surface area contributed by atoms with E-state index >= 15 is 0 Å². The Morgan fingerprint density at radius 2 is 1.60 bits per heavy atom. The third-order valence-corrected chi connectivity index (χ3v) is 11.4. The fourth-order valence-corrected chi connectivity index (χ4v) is 5.07. The van der Waals surface area contributed by atoms with Crippen molar-refractivity contribution >= 4 is 19.7 Å². The molecule has 0 N–H and O–H groups in total. The first-order valence-electron chi connectivity index (χ1n) is 9.38. The van der Waals surface area contributed by atoms with Crippen LogP contribution in [-0.2, 0) is 4.79 Å². The van der Waals surface area contributed by atoms with Crippen LogP contribution >= 0.6 is 0 Å². The second-order valence-corrected chi connectivity index (χ2v) is 14.8. The maximum absolute atomic E-state index is 11.9. The quantitative estimate of drug-likeness (QED) is 0.600. The third kappa shape index (κ3) is 3.12. The molecule has 136 valence electrons. The number of benzene rings is 1. The number of hydrogen-bond donors (Lipinski definition) is 0. The van der Waals surface area contributed by atoms with Crippen LogP contribution in [0.2, 0.25) is 18.1 Å². The van der Waals surface area contributed by atoms with E-state index in [-0.39, 0.29) is 15.9 Å². The highest BCUT2D eigenvalue weighted by Gasteiger charge is 2.54. The van der Waals surface area contributed by atoms with E-state index in [1.165, 1.54) is 11.1 Å². The molecule has 0 amide bonds. The van der Waals surface area contributed by atoms with Crippen molar-refractivity contribution in [3.8, 4) is 5.75 Å². The molecule has 2 atom stereocenters. The maximum Gasteiger partial charge on any atom is 0.250 e. The van der Waals surface area contributed by atoms with Crippen LogP contribution < -0.4 is 4.43 Å². The van der Waals surface area contributed by atoms with E-state index in [4.69, 9.17) is 4.43 Å². The molecule has 0 radical (unpaired) electrons. The van der Waals surface area contributed by atoms with Crippen molar-refractivity contribution in [1.82, 2.24) is 0 Å². The summed E-state index contributed by atoms with van der Waals surface area (Å²) in [5.74, 6) is 1.39. The Labute approximate surface area is 153 Å². The Morgan fingerprint density at radius 3 is 2.12 bits per heavy atom. The first-order chi connectivity index (χ1) is 11.4. The van der Waals surface area contributed by atoms with Gasteiger partial charge in [0.25, 0.3) is 0 Å². The molecule has 0 saturated heterocycles. The molecule has 0 aliphatic heterocycles. The Kier molecular flexibility index (Phi) is 4.11. The summed E-state index contributed by atoms with van der Waals surface area (Å²) in [6.07, 6.45) is 4.77. The molecule has 2 aliphatic carbocycles. The summed E-state index contributed by atoms with van der Waals surface area (Å²) in [6.45, 7) is 15.9. The van der Waals surface area contributed by atoms with Crippen LogP contribution in [0.5, 0.6) is 5.75 Å². The van der Waals surface area contributed by atoms with Gasteiger partial charge in [0, 0.05) is 12.8 Å². The molecule has 0 heterocycles. The lowest BCUT2D eigenvalue weighted by Crippen LogP contribution is -2.43. The molecule has 1 aromatic rings. The van der Waals surface area contributed by atoms with E-state index in [9.17, 15) is 4.79 Å². The number of ketones is 1. The normalized spacial score (nSPS) is 29.6. The zero-order valence-corrected chi connectivity index (χ0v) is 17.8. The van der Waals surface area contributed by atoms with Crippen LogP contribution in [0.15, 0.2) is 30.3 Å². The van der Waals surface area contributed by atoms with Crippen LogP contribution in [0.1, 0.15) is 59.4 Å². The van der Waals surface area contributed by atoms with Gasteiger partial charge in [0.05, 0.1) is 0 Å². The summed E-state index contributed by atoms with van der Waals surface area (Å²) in [4.78, 5) is 11.9. The maximum atomic E-state index is 11.9. The number of carbonyl (C=O) groups excluding carboxylic acids is 1. The third-order valence-electron chi connectivity index (χ3n) is 7.01. The molecule has 2 aliphatic rings. The van der Waals surface area contributed by atoms with Crippen LogP contribution in [0.4, 0.5) is 0 Å². The lowest BCUT2D eigenvalue weighted by molar-refractivity contribution is -0.118. The molecule has 0 spiro atoms.